The molecule has 0 saturated carbocycles. The molecule has 0 bridgehead atoms. The lowest BCUT2D eigenvalue weighted by atomic mass is 10.2. The summed E-state index contributed by atoms with van der Waals surface area (Å²) in [6.07, 6.45) is -4.91. The third-order valence-electron chi connectivity index (χ3n) is 2.76. The van der Waals surface area contributed by atoms with E-state index in [2.05, 4.69) is 4.74 Å². The molecular weight excluding hydrogens is 336 g/mol. The van der Waals surface area contributed by atoms with E-state index in [1.54, 1.807) is 12.1 Å². The van der Waals surface area contributed by atoms with Gasteiger partial charge in [0.25, 0.3) is 0 Å². The fourth-order valence-corrected chi connectivity index (χ4v) is 2.78. The molecule has 0 amide bonds. The third kappa shape index (κ3) is 4.88. The van der Waals surface area contributed by atoms with Gasteiger partial charge in [-0.25, -0.2) is 9.18 Å². The highest BCUT2D eigenvalue weighted by Gasteiger charge is 2.31. The van der Waals surface area contributed by atoms with Crippen LogP contribution in [0, 0.1) is 5.82 Å². The maximum atomic E-state index is 13.5. The Hall–Kier alpha value is -2.22. The summed E-state index contributed by atoms with van der Waals surface area (Å²) in [6, 6.07) is 8.99. The highest BCUT2D eigenvalue weighted by molar-refractivity contribution is 7.98. The van der Waals surface area contributed by atoms with Crippen molar-refractivity contribution in [3.63, 3.8) is 0 Å². The number of ether oxygens (including phenoxy) is 1. The number of carboxylic acids is 1. The first kappa shape index (κ1) is 17.1. The van der Waals surface area contributed by atoms with Gasteiger partial charge < -0.3 is 9.84 Å². The van der Waals surface area contributed by atoms with Crippen molar-refractivity contribution in [1.82, 2.24) is 0 Å². The van der Waals surface area contributed by atoms with Gasteiger partial charge in [0.1, 0.15) is 11.6 Å². The van der Waals surface area contributed by atoms with Gasteiger partial charge in [-0.3, -0.25) is 0 Å². The van der Waals surface area contributed by atoms with E-state index in [4.69, 9.17) is 5.11 Å². The van der Waals surface area contributed by atoms with E-state index in [1.165, 1.54) is 18.2 Å². The lowest BCUT2D eigenvalue weighted by molar-refractivity contribution is -0.274. The van der Waals surface area contributed by atoms with E-state index in [-0.39, 0.29) is 16.2 Å². The molecule has 23 heavy (non-hydrogen) atoms. The van der Waals surface area contributed by atoms with Crippen molar-refractivity contribution >= 4 is 17.7 Å². The van der Waals surface area contributed by atoms with Gasteiger partial charge in [0, 0.05) is 10.6 Å². The van der Waals surface area contributed by atoms with Crippen molar-refractivity contribution in [2.75, 3.05) is 0 Å². The molecule has 8 heteroatoms. The second-order valence-electron chi connectivity index (χ2n) is 4.39. The van der Waals surface area contributed by atoms with E-state index in [0.29, 0.717) is 5.56 Å². The van der Waals surface area contributed by atoms with E-state index in [0.717, 1.165) is 23.9 Å². The van der Waals surface area contributed by atoms with Crippen LogP contribution in [0.4, 0.5) is 17.6 Å². The topological polar surface area (TPSA) is 46.5 Å². The van der Waals surface area contributed by atoms with Gasteiger partial charge in [-0.2, -0.15) is 0 Å². The lowest BCUT2D eigenvalue weighted by Gasteiger charge is -2.12. The highest BCUT2D eigenvalue weighted by atomic mass is 32.2. The zero-order valence-electron chi connectivity index (χ0n) is 11.4. The molecule has 3 nitrogen and oxygen atoms in total. The molecule has 1 N–H and O–H groups in total. The number of halogens is 4. The van der Waals surface area contributed by atoms with Crippen LogP contribution in [0.5, 0.6) is 5.75 Å². The molecule has 2 aromatic rings. The van der Waals surface area contributed by atoms with Gasteiger partial charge in [-0.1, -0.05) is 18.2 Å². The van der Waals surface area contributed by atoms with Gasteiger partial charge in [-0.15, -0.1) is 24.9 Å². The molecule has 0 atom stereocenters. The minimum absolute atomic E-state index is 0.145. The second-order valence-corrected chi connectivity index (χ2v) is 5.41. The van der Waals surface area contributed by atoms with Gasteiger partial charge in [0.05, 0.1) is 5.56 Å². The molecule has 122 valence electrons. The van der Waals surface area contributed by atoms with Crippen LogP contribution in [0.15, 0.2) is 47.4 Å². The molecule has 2 aromatic carbocycles. The standard InChI is InChI=1S/C15H10F4O3S/c16-12-4-2-1-3-9(12)8-23-13-6-5-10(22-15(17,18)19)7-11(13)14(20)21/h1-7H,8H2,(H,20,21). The van der Waals surface area contributed by atoms with Crippen LogP contribution in [0.3, 0.4) is 0 Å². The Bertz CT molecular complexity index is 716. The first-order valence-electron chi connectivity index (χ1n) is 6.25. The number of rotatable bonds is 5. The van der Waals surface area contributed by atoms with E-state index >= 15 is 0 Å². The summed E-state index contributed by atoms with van der Waals surface area (Å²) in [5.74, 6) is -2.31. The maximum Gasteiger partial charge on any atom is 0.573 e. The molecule has 0 aromatic heterocycles. The van der Waals surface area contributed by atoms with Crippen molar-refractivity contribution < 1.29 is 32.2 Å². The van der Waals surface area contributed by atoms with Crippen LogP contribution in [0.2, 0.25) is 0 Å². The molecule has 0 aliphatic heterocycles. The Morgan fingerprint density at radius 1 is 1.17 bits per heavy atom. The monoisotopic (exact) mass is 346 g/mol. The maximum absolute atomic E-state index is 13.5. The van der Waals surface area contributed by atoms with Crippen molar-refractivity contribution in [3.05, 3.63) is 59.4 Å². The molecule has 0 unspecified atom stereocenters. The molecule has 0 radical (unpaired) electrons. The number of hydrogen-bond acceptors (Lipinski definition) is 3. The molecule has 2 rings (SSSR count). The normalized spacial score (nSPS) is 11.3. The fourth-order valence-electron chi connectivity index (χ4n) is 1.77. The van der Waals surface area contributed by atoms with Gasteiger partial charge in [0.15, 0.2) is 0 Å². The zero-order valence-corrected chi connectivity index (χ0v) is 12.2. The average molecular weight is 346 g/mol. The zero-order chi connectivity index (χ0) is 17.0. The first-order valence-corrected chi connectivity index (χ1v) is 7.24. The van der Waals surface area contributed by atoms with E-state index in [9.17, 15) is 22.4 Å². The summed E-state index contributed by atoms with van der Waals surface area (Å²) >= 11 is 1.01. The quantitative estimate of drug-likeness (QED) is 0.629. The van der Waals surface area contributed by atoms with Crippen LogP contribution in [0.1, 0.15) is 15.9 Å². The SMILES string of the molecule is O=C(O)c1cc(OC(F)(F)F)ccc1SCc1ccccc1F. The third-order valence-corrected chi connectivity index (χ3v) is 3.88. The lowest BCUT2D eigenvalue weighted by Crippen LogP contribution is -2.17. The number of aromatic carboxylic acids is 1. The molecule has 0 fully saturated rings. The van der Waals surface area contributed by atoms with Gasteiger partial charge in [-0.05, 0) is 29.8 Å². The Labute approximate surface area is 132 Å². The van der Waals surface area contributed by atoms with Crippen molar-refractivity contribution in [1.29, 1.82) is 0 Å². The summed E-state index contributed by atoms with van der Waals surface area (Å²) in [6.45, 7) is 0. The number of carbonyl (C=O) groups is 1. The van der Waals surface area contributed by atoms with Crippen LogP contribution in [-0.2, 0) is 5.75 Å². The summed E-state index contributed by atoms with van der Waals surface area (Å²) < 4.78 is 53.7. The smallest absolute Gasteiger partial charge is 0.478 e. The van der Waals surface area contributed by atoms with Gasteiger partial charge in [0.2, 0.25) is 0 Å². The van der Waals surface area contributed by atoms with Crippen molar-refractivity contribution in [3.8, 4) is 5.75 Å². The van der Waals surface area contributed by atoms with Gasteiger partial charge >= 0.3 is 12.3 Å². The summed E-state index contributed by atoms with van der Waals surface area (Å²) in [4.78, 5) is 11.4. The Kier molecular flexibility index (Phi) is 5.15. The van der Waals surface area contributed by atoms with Crippen LogP contribution >= 0.6 is 11.8 Å². The largest absolute Gasteiger partial charge is 0.573 e. The molecule has 0 aliphatic rings. The summed E-state index contributed by atoms with van der Waals surface area (Å²) in [5.41, 5.74) is 0.0255. The molecule has 0 spiro atoms. The molecule has 0 saturated heterocycles. The minimum Gasteiger partial charge on any atom is -0.478 e. The fraction of sp³-hybridized carbons (Fsp3) is 0.133. The molecule has 0 heterocycles. The molecule has 0 aliphatic carbocycles. The predicted octanol–water partition coefficient (Wildman–Crippen LogP) is 4.71. The Morgan fingerprint density at radius 3 is 2.48 bits per heavy atom. The van der Waals surface area contributed by atoms with Crippen LogP contribution in [-0.4, -0.2) is 17.4 Å². The number of thioether (sulfide) groups is 1. The van der Waals surface area contributed by atoms with Crippen LogP contribution < -0.4 is 4.74 Å². The number of carboxylic acid groups (broad SMARTS) is 1. The number of alkyl halides is 3. The Balaban J connectivity index is 2.21. The first-order chi connectivity index (χ1) is 10.8. The molecular formula is C15H10F4O3S. The van der Waals surface area contributed by atoms with Crippen LogP contribution in [0.25, 0.3) is 0 Å². The number of hydrogen-bond donors (Lipinski definition) is 1. The summed E-state index contributed by atoms with van der Waals surface area (Å²) in [7, 11) is 0. The highest BCUT2D eigenvalue weighted by Crippen LogP contribution is 2.32. The number of benzene rings is 2. The van der Waals surface area contributed by atoms with E-state index in [1.807, 2.05) is 0 Å². The predicted molar refractivity (Wildman–Crippen MR) is 76.0 cm³/mol. The van der Waals surface area contributed by atoms with E-state index < -0.39 is 23.9 Å². The minimum atomic E-state index is -4.91. The second kappa shape index (κ2) is 6.91. The van der Waals surface area contributed by atoms with Crippen molar-refractivity contribution in [2.24, 2.45) is 0 Å². The summed E-state index contributed by atoms with van der Waals surface area (Å²) in [5, 5.41) is 9.12. The Morgan fingerprint density at radius 2 is 1.87 bits per heavy atom. The average Bonchev–Trinajstić information content (AvgIpc) is 2.45. The van der Waals surface area contributed by atoms with Crippen molar-refractivity contribution in [2.45, 2.75) is 17.0 Å².